The van der Waals surface area contributed by atoms with Crippen LogP contribution in [0, 0.1) is 0 Å². The second-order valence-electron chi connectivity index (χ2n) is 3.35. The molecule has 0 atom stereocenters. The summed E-state index contributed by atoms with van der Waals surface area (Å²) in [6.07, 6.45) is 4.87. The van der Waals surface area contributed by atoms with Crippen molar-refractivity contribution in [2.45, 2.75) is 32.6 Å². The van der Waals surface area contributed by atoms with E-state index >= 15 is 0 Å². The highest BCUT2D eigenvalue weighted by Crippen LogP contribution is 1.82. The van der Waals surface area contributed by atoms with Gasteiger partial charge in [0.05, 0.1) is 0 Å². The molecule has 0 fully saturated rings. The van der Waals surface area contributed by atoms with E-state index in [1.54, 1.807) is 0 Å². The number of hydrogen-bond donors (Lipinski definition) is 3. The number of rotatable bonds is 10. The fourth-order valence-electron chi connectivity index (χ4n) is 1.12. The first-order valence-corrected chi connectivity index (χ1v) is 5.53. The first-order chi connectivity index (χ1) is 6.41. The number of nitrogens with one attached hydrogen (secondary N) is 2. The molecule has 0 aromatic carbocycles. The van der Waals surface area contributed by atoms with Gasteiger partial charge in [-0.15, -0.1) is 0 Å². The summed E-state index contributed by atoms with van der Waals surface area (Å²) in [6.45, 7) is 7.48. The molecule has 3 nitrogen and oxygen atoms in total. The van der Waals surface area contributed by atoms with Crippen molar-refractivity contribution < 1.29 is 0 Å². The summed E-state index contributed by atoms with van der Waals surface area (Å²) in [7, 11) is 0. The summed E-state index contributed by atoms with van der Waals surface area (Å²) >= 11 is 0. The SMILES string of the molecule is CCCCNCCCNCCCN. The Morgan fingerprint density at radius 1 is 0.846 bits per heavy atom. The molecule has 0 aromatic rings. The molecule has 0 unspecified atom stereocenters. The molecule has 0 saturated heterocycles. The average molecular weight is 187 g/mol. The van der Waals surface area contributed by atoms with Crippen LogP contribution in [0.15, 0.2) is 0 Å². The van der Waals surface area contributed by atoms with Crippen LogP contribution in [0.5, 0.6) is 0 Å². The lowest BCUT2D eigenvalue weighted by Gasteiger charge is -2.04. The molecule has 3 heteroatoms. The van der Waals surface area contributed by atoms with Crippen LogP contribution in [-0.2, 0) is 0 Å². The Morgan fingerprint density at radius 2 is 1.38 bits per heavy atom. The van der Waals surface area contributed by atoms with Gasteiger partial charge < -0.3 is 16.4 Å². The van der Waals surface area contributed by atoms with Crippen LogP contribution in [0.1, 0.15) is 32.6 Å². The third-order valence-corrected chi connectivity index (χ3v) is 1.97. The third-order valence-electron chi connectivity index (χ3n) is 1.97. The summed E-state index contributed by atoms with van der Waals surface area (Å²) in [5, 5.41) is 6.77. The Bertz CT molecular complexity index is 76.2. The predicted octanol–water partition coefficient (Wildman–Crippen LogP) is 0.705. The van der Waals surface area contributed by atoms with E-state index in [0.29, 0.717) is 0 Å². The fourth-order valence-corrected chi connectivity index (χ4v) is 1.12. The second kappa shape index (κ2) is 11.9. The van der Waals surface area contributed by atoms with Gasteiger partial charge in [0.1, 0.15) is 0 Å². The van der Waals surface area contributed by atoms with Gasteiger partial charge in [0.15, 0.2) is 0 Å². The summed E-state index contributed by atoms with van der Waals surface area (Å²) in [5.41, 5.74) is 5.37. The largest absolute Gasteiger partial charge is 0.330 e. The van der Waals surface area contributed by atoms with E-state index in [2.05, 4.69) is 17.6 Å². The van der Waals surface area contributed by atoms with E-state index < -0.39 is 0 Å². The molecule has 0 aliphatic rings. The standard InChI is InChI=1S/C10H25N3/c1-2-3-7-12-9-5-10-13-8-4-6-11/h12-13H,2-11H2,1H3. The average Bonchev–Trinajstić information content (AvgIpc) is 2.16. The van der Waals surface area contributed by atoms with Crippen molar-refractivity contribution in [3.8, 4) is 0 Å². The van der Waals surface area contributed by atoms with E-state index in [-0.39, 0.29) is 0 Å². The van der Waals surface area contributed by atoms with Gasteiger partial charge >= 0.3 is 0 Å². The summed E-state index contributed by atoms with van der Waals surface area (Å²) in [5.74, 6) is 0. The highest BCUT2D eigenvalue weighted by molar-refractivity contribution is 4.52. The first-order valence-electron chi connectivity index (χ1n) is 5.53. The predicted molar refractivity (Wildman–Crippen MR) is 58.9 cm³/mol. The van der Waals surface area contributed by atoms with Gasteiger partial charge in [-0.25, -0.2) is 0 Å². The van der Waals surface area contributed by atoms with E-state index in [0.717, 1.165) is 32.6 Å². The van der Waals surface area contributed by atoms with E-state index in [4.69, 9.17) is 5.73 Å². The lowest BCUT2D eigenvalue weighted by Crippen LogP contribution is -2.24. The molecule has 0 heterocycles. The number of nitrogens with two attached hydrogens (primary N) is 1. The van der Waals surface area contributed by atoms with Crippen molar-refractivity contribution in [1.29, 1.82) is 0 Å². The lowest BCUT2D eigenvalue weighted by atomic mass is 10.3. The van der Waals surface area contributed by atoms with Crippen LogP contribution in [0.25, 0.3) is 0 Å². The Labute approximate surface area is 82.5 Å². The van der Waals surface area contributed by atoms with Crippen molar-refractivity contribution in [3.05, 3.63) is 0 Å². The minimum Gasteiger partial charge on any atom is -0.330 e. The van der Waals surface area contributed by atoms with Gasteiger partial charge in [0.25, 0.3) is 0 Å². The van der Waals surface area contributed by atoms with Crippen molar-refractivity contribution >= 4 is 0 Å². The Morgan fingerprint density at radius 3 is 1.92 bits per heavy atom. The first kappa shape index (κ1) is 12.9. The van der Waals surface area contributed by atoms with Crippen molar-refractivity contribution in [2.75, 3.05) is 32.7 Å². The normalized spacial score (nSPS) is 10.6. The number of hydrogen-bond acceptors (Lipinski definition) is 3. The van der Waals surface area contributed by atoms with Crippen LogP contribution in [0.3, 0.4) is 0 Å². The maximum atomic E-state index is 5.37. The quantitative estimate of drug-likeness (QED) is 0.441. The van der Waals surface area contributed by atoms with Gasteiger partial charge in [-0.1, -0.05) is 13.3 Å². The zero-order valence-electron chi connectivity index (χ0n) is 8.94. The van der Waals surface area contributed by atoms with E-state index in [1.165, 1.54) is 25.8 Å². The Balaban J connectivity index is 2.76. The molecule has 0 radical (unpaired) electrons. The molecular weight excluding hydrogens is 162 g/mol. The van der Waals surface area contributed by atoms with E-state index in [9.17, 15) is 0 Å². The molecule has 0 amide bonds. The van der Waals surface area contributed by atoms with Gasteiger partial charge in [0, 0.05) is 0 Å². The molecule has 13 heavy (non-hydrogen) atoms. The number of unbranched alkanes of at least 4 members (excludes halogenated alkanes) is 1. The molecular formula is C10H25N3. The highest BCUT2D eigenvalue weighted by Gasteiger charge is 1.88. The van der Waals surface area contributed by atoms with Crippen molar-refractivity contribution in [1.82, 2.24) is 10.6 Å². The summed E-state index contributed by atoms with van der Waals surface area (Å²) < 4.78 is 0. The monoisotopic (exact) mass is 187 g/mol. The fraction of sp³-hybridized carbons (Fsp3) is 1.00. The van der Waals surface area contributed by atoms with Crippen LogP contribution >= 0.6 is 0 Å². The van der Waals surface area contributed by atoms with E-state index in [1.807, 2.05) is 0 Å². The maximum absolute atomic E-state index is 5.37. The molecule has 0 aliphatic heterocycles. The van der Waals surface area contributed by atoms with Crippen molar-refractivity contribution in [3.63, 3.8) is 0 Å². The molecule has 0 bridgehead atoms. The molecule has 0 aromatic heterocycles. The zero-order chi connectivity index (χ0) is 9.78. The molecule has 80 valence electrons. The highest BCUT2D eigenvalue weighted by atomic mass is 14.9. The molecule has 0 aliphatic carbocycles. The van der Waals surface area contributed by atoms with Gasteiger partial charge in [-0.3, -0.25) is 0 Å². The lowest BCUT2D eigenvalue weighted by molar-refractivity contribution is 0.575. The van der Waals surface area contributed by atoms with Crippen LogP contribution in [0.2, 0.25) is 0 Å². The van der Waals surface area contributed by atoms with Gasteiger partial charge in [0.2, 0.25) is 0 Å². The van der Waals surface area contributed by atoms with Gasteiger partial charge in [-0.2, -0.15) is 0 Å². The smallest absolute Gasteiger partial charge is 0.00368 e. The Hall–Kier alpha value is -0.120. The van der Waals surface area contributed by atoms with Crippen LogP contribution in [0.4, 0.5) is 0 Å². The second-order valence-corrected chi connectivity index (χ2v) is 3.35. The summed E-state index contributed by atoms with van der Waals surface area (Å²) in [6, 6.07) is 0. The maximum Gasteiger partial charge on any atom is -0.00368 e. The third kappa shape index (κ3) is 11.9. The molecule has 0 rings (SSSR count). The minimum atomic E-state index is 0.793. The summed E-state index contributed by atoms with van der Waals surface area (Å²) in [4.78, 5) is 0. The van der Waals surface area contributed by atoms with Crippen LogP contribution < -0.4 is 16.4 Å². The molecule has 4 N–H and O–H groups in total. The van der Waals surface area contributed by atoms with Crippen molar-refractivity contribution in [2.24, 2.45) is 5.73 Å². The van der Waals surface area contributed by atoms with Gasteiger partial charge in [-0.05, 0) is 52.0 Å². The molecule has 0 saturated carbocycles. The minimum absolute atomic E-state index is 0.793. The van der Waals surface area contributed by atoms with Crippen LogP contribution in [-0.4, -0.2) is 32.7 Å². The Kier molecular flexibility index (Phi) is 11.8. The topological polar surface area (TPSA) is 50.1 Å². The zero-order valence-corrected chi connectivity index (χ0v) is 8.94. The molecule has 0 spiro atoms.